The lowest BCUT2D eigenvalue weighted by atomic mass is 9.91. The average Bonchev–Trinajstić information content (AvgIpc) is 3.15. The number of aliphatic hydroxyl groups excluding tert-OH is 1. The number of aliphatic hydroxyl groups is 1. The Morgan fingerprint density at radius 3 is 2.29 bits per heavy atom. The van der Waals surface area contributed by atoms with Gasteiger partial charge in [-0.15, -0.1) is 0 Å². The van der Waals surface area contributed by atoms with Gasteiger partial charge in [-0.1, -0.05) is 103 Å². The Bertz CT molecular complexity index is 2000. The van der Waals surface area contributed by atoms with Crippen molar-refractivity contribution in [3.8, 4) is 0 Å². The van der Waals surface area contributed by atoms with Crippen molar-refractivity contribution in [2.45, 2.75) is 61.5 Å². The van der Waals surface area contributed by atoms with Crippen molar-refractivity contribution >= 4 is 33.4 Å². The van der Waals surface area contributed by atoms with E-state index in [2.05, 4.69) is 26.9 Å². The van der Waals surface area contributed by atoms with Crippen LogP contribution in [0, 0.1) is 12.8 Å². The minimum atomic E-state index is -4.01. The van der Waals surface area contributed by atoms with E-state index < -0.39 is 28.3 Å². The molecule has 51 heavy (non-hydrogen) atoms. The van der Waals surface area contributed by atoms with E-state index in [1.54, 1.807) is 48.8 Å². The summed E-state index contributed by atoms with van der Waals surface area (Å²) in [6.07, 6.45) is 2.20. The first-order valence-electron chi connectivity index (χ1n) is 16.6. The summed E-state index contributed by atoms with van der Waals surface area (Å²) < 4.78 is 42.6. The summed E-state index contributed by atoms with van der Waals surface area (Å²) in [6.45, 7) is 3.91. The third-order valence-corrected chi connectivity index (χ3v) is 11.1. The minimum Gasteiger partial charge on any atom is -0.392 e. The first kappa shape index (κ1) is 36.4. The van der Waals surface area contributed by atoms with Gasteiger partial charge in [-0.2, -0.15) is 4.72 Å². The number of thioether (sulfide) groups is 1. The smallest absolute Gasteiger partial charge is 0.242 e. The van der Waals surface area contributed by atoms with Gasteiger partial charge in [0, 0.05) is 35.3 Å². The third-order valence-electron chi connectivity index (χ3n) is 8.70. The van der Waals surface area contributed by atoms with Crippen LogP contribution in [0.2, 0.25) is 0 Å². The van der Waals surface area contributed by atoms with E-state index >= 15 is 0 Å². The number of amides is 1. The standard InChI is InChI=1S/C39H40N4O6S2/c1-26-12-18-33(19-13-26)51(46,47)43-34(22-28-8-4-3-5-9-28)37(45)42-32-11-6-10-31(23-32)38-48-35(25-50-39-40-20-7-21-41-39)27(2)36(49-38)30-16-14-29(24-44)15-17-30/h3-21,23,27,34-36,38,43-44H,22,24-25H2,1-2H3,(H,42,45). The second-order valence-corrected chi connectivity index (χ2v) is 15.2. The van der Waals surface area contributed by atoms with Crippen LogP contribution >= 0.6 is 11.8 Å². The predicted molar refractivity (Wildman–Crippen MR) is 196 cm³/mol. The molecule has 1 fully saturated rings. The molecule has 12 heteroatoms. The molecule has 4 aromatic carbocycles. The van der Waals surface area contributed by atoms with Crippen molar-refractivity contribution in [3.63, 3.8) is 0 Å². The van der Waals surface area contributed by atoms with Crippen LogP contribution in [-0.4, -0.2) is 47.3 Å². The zero-order chi connectivity index (χ0) is 35.8. The quantitative estimate of drug-likeness (QED) is 0.0932. The number of sulfonamides is 1. The molecule has 1 aliphatic rings. The molecule has 1 aromatic heterocycles. The molecule has 5 unspecified atom stereocenters. The number of rotatable bonds is 13. The number of carbonyl (C=O) groups is 1. The highest BCUT2D eigenvalue weighted by Gasteiger charge is 2.38. The van der Waals surface area contributed by atoms with E-state index in [0.717, 1.165) is 22.3 Å². The van der Waals surface area contributed by atoms with E-state index in [4.69, 9.17) is 9.47 Å². The van der Waals surface area contributed by atoms with Crippen molar-refractivity contribution in [1.29, 1.82) is 0 Å². The van der Waals surface area contributed by atoms with Gasteiger partial charge in [0.15, 0.2) is 11.4 Å². The fraction of sp³-hybridized carbons (Fsp3) is 0.256. The molecular weight excluding hydrogens is 685 g/mol. The lowest BCUT2D eigenvalue weighted by Gasteiger charge is -2.41. The highest BCUT2D eigenvalue weighted by molar-refractivity contribution is 7.99. The fourth-order valence-corrected chi connectivity index (χ4v) is 7.99. The molecule has 0 bridgehead atoms. The molecule has 1 saturated heterocycles. The van der Waals surface area contributed by atoms with Gasteiger partial charge in [0.25, 0.3) is 0 Å². The van der Waals surface area contributed by atoms with Gasteiger partial charge in [0.05, 0.1) is 23.7 Å². The zero-order valence-electron chi connectivity index (χ0n) is 28.3. The maximum Gasteiger partial charge on any atom is 0.242 e. The minimum absolute atomic E-state index is 0.0411. The van der Waals surface area contributed by atoms with Crippen molar-refractivity contribution in [1.82, 2.24) is 14.7 Å². The Morgan fingerprint density at radius 1 is 0.863 bits per heavy atom. The number of hydrogen-bond donors (Lipinski definition) is 3. The number of aromatic nitrogens is 2. The summed E-state index contributed by atoms with van der Waals surface area (Å²) in [5.41, 5.74) is 4.63. The molecule has 0 aliphatic carbocycles. The maximum atomic E-state index is 13.8. The van der Waals surface area contributed by atoms with Gasteiger partial charge in [-0.25, -0.2) is 18.4 Å². The molecule has 10 nitrogen and oxygen atoms in total. The topological polar surface area (TPSA) is 140 Å². The lowest BCUT2D eigenvalue weighted by Crippen LogP contribution is -2.45. The van der Waals surface area contributed by atoms with E-state index in [-0.39, 0.29) is 36.0 Å². The van der Waals surface area contributed by atoms with Crippen LogP contribution in [0.5, 0.6) is 0 Å². The first-order valence-corrected chi connectivity index (χ1v) is 19.1. The number of carbonyl (C=O) groups excluding carboxylic acids is 1. The van der Waals surface area contributed by atoms with Crippen molar-refractivity contribution in [3.05, 3.63) is 149 Å². The Labute approximate surface area is 302 Å². The normalized spacial score (nSPS) is 19.7. The van der Waals surface area contributed by atoms with Crippen LogP contribution < -0.4 is 10.0 Å². The van der Waals surface area contributed by atoms with Crippen molar-refractivity contribution in [2.75, 3.05) is 11.1 Å². The number of ether oxygens (including phenoxy) is 2. The molecule has 3 N–H and O–H groups in total. The molecule has 0 radical (unpaired) electrons. The van der Waals surface area contributed by atoms with Crippen LogP contribution in [0.1, 0.15) is 47.1 Å². The molecule has 6 rings (SSSR count). The third kappa shape index (κ3) is 9.47. The Balaban J connectivity index is 1.24. The van der Waals surface area contributed by atoms with Crippen LogP contribution in [0.15, 0.2) is 132 Å². The lowest BCUT2D eigenvalue weighted by molar-refractivity contribution is -0.268. The highest BCUT2D eigenvalue weighted by Crippen LogP contribution is 2.43. The number of nitrogens with zero attached hydrogens (tertiary/aromatic N) is 2. The SMILES string of the molecule is Cc1ccc(S(=O)(=O)NC(Cc2ccccc2)C(=O)Nc2cccc(C3OC(CSc4ncccn4)C(C)C(c4ccc(CO)cc4)O3)c2)cc1. The van der Waals surface area contributed by atoms with E-state index in [1.165, 1.54) is 23.9 Å². The summed E-state index contributed by atoms with van der Waals surface area (Å²) in [7, 11) is -4.01. The number of benzene rings is 4. The molecule has 0 spiro atoms. The summed E-state index contributed by atoms with van der Waals surface area (Å²) in [4.78, 5) is 22.6. The maximum absolute atomic E-state index is 13.8. The van der Waals surface area contributed by atoms with Crippen LogP contribution in [0.25, 0.3) is 0 Å². The molecule has 1 aliphatic heterocycles. The summed E-state index contributed by atoms with van der Waals surface area (Å²) >= 11 is 1.50. The van der Waals surface area contributed by atoms with Crippen LogP contribution in [-0.2, 0) is 37.3 Å². The Morgan fingerprint density at radius 2 is 1.59 bits per heavy atom. The van der Waals surface area contributed by atoms with Crippen LogP contribution in [0.3, 0.4) is 0 Å². The van der Waals surface area contributed by atoms with E-state index in [0.29, 0.717) is 22.2 Å². The molecule has 5 aromatic rings. The monoisotopic (exact) mass is 724 g/mol. The number of hydrogen-bond acceptors (Lipinski definition) is 9. The predicted octanol–water partition coefficient (Wildman–Crippen LogP) is 6.39. The summed E-state index contributed by atoms with van der Waals surface area (Å²) in [5.74, 6) is 0.0278. The zero-order valence-corrected chi connectivity index (χ0v) is 29.9. The second-order valence-electron chi connectivity index (χ2n) is 12.5. The first-order chi connectivity index (χ1) is 24.7. The van der Waals surface area contributed by atoms with Gasteiger partial charge >= 0.3 is 0 Å². The number of aryl methyl sites for hydroxylation is 1. The van der Waals surface area contributed by atoms with Crippen molar-refractivity contribution < 1.29 is 27.8 Å². The van der Waals surface area contributed by atoms with Crippen molar-refractivity contribution in [2.24, 2.45) is 5.92 Å². The Kier molecular flexibility index (Phi) is 11.9. The van der Waals surface area contributed by atoms with Gasteiger partial charge < -0.3 is 19.9 Å². The Hall–Kier alpha value is -4.43. The van der Waals surface area contributed by atoms with Gasteiger partial charge in [-0.05, 0) is 60.4 Å². The highest BCUT2D eigenvalue weighted by atomic mass is 32.2. The summed E-state index contributed by atoms with van der Waals surface area (Å²) in [5, 5.41) is 13.2. The number of nitrogens with one attached hydrogen (secondary N) is 2. The summed E-state index contributed by atoms with van der Waals surface area (Å²) in [6, 6.07) is 31.3. The molecule has 0 saturated carbocycles. The van der Waals surface area contributed by atoms with E-state index in [1.807, 2.05) is 67.6 Å². The largest absolute Gasteiger partial charge is 0.392 e. The molecule has 5 atom stereocenters. The average molecular weight is 725 g/mol. The fourth-order valence-electron chi connectivity index (χ4n) is 5.83. The number of anilines is 1. The van der Waals surface area contributed by atoms with Gasteiger partial charge in [0.1, 0.15) is 6.04 Å². The van der Waals surface area contributed by atoms with Gasteiger partial charge in [-0.3, -0.25) is 4.79 Å². The second kappa shape index (κ2) is 16.7. The molecule has 1 amide bonds. The van der Waals surface area contributed by atoms with Gasteiger partial charge in [0.2, 0.25) is 15.9 Å². The molecular formula is C39H40N4O6S2. The van der Waals surface area contributed by atoms with Crippen LogP contribution in [0.4, 0.5) is 5.69 Å². The molecule has 264 valence electrons. The van der Waals surface area contributed by atoms with E-state index in [9.17, 15) is 18.3 Å². The molecule has 2 heterocycles.